The van der Waals surface area contributed by atoms with Crippen LogP contribution in [0.3, 0.4) is 0 Å². The average Bonchev–Trinajstić information content (AvgIpc) is 2.36. The molecule has 0 saturated carbocycles. The van der Waals surface area contributed by atoms with Crippen molar-refractivity contribution >= 4 is 21.7 Å². The highest BCUT2D eigenvalue weighted by atomic mass is 32.2. The molecule has 0 aliphatic carbocycles. The molecule has 17 heavy (non-hydrogen) atoms. The molecule has 7 heteroatoms. The van der Waals surface area contributed by atoms with Crippen LogP contribution < -0.4 is 10.0 Å². The first-order chi connectivity index (χ1) is 8.01. The molecule has 2 N–H and O–H groups in total. The van der Waals surface area contributed by atoms with Crippen LogP contribution >= 0.6 is 0 Å². The van der Waals surface area contributed by atoms with Gasteiger partial charge < -0.3 is 10.1 Å². The Labute approximate surface area is 100 Å². The number of benzene rings is 1. The van der Waals surface area contributed by atoms with Crippen LogP contribution in [0, 0.1) is 0 Å². The number of ether oxygens (including phenoxy) is 1. The predicted molar refractivity (Wildman–Crippen MR) is 63.2 cm³/mol. The van der Waals surface area contributed by atoms with Crippen LogP contribution in [0.2, 0.25) is 0 Å². The van der Waals surface area contributed by atoms with Crippen molar-refractivity contribution in [1.82, 2.24) is 4.72 Å². The average molecular weight is 258 g/mol. The Hall–Kier alpha value is -1.60. The monoisotopic (exact) mass is 258 g/mol. The van der Waals surface area contributed by atoms with Crippen molar-refractivity contribution in [3.05, 3.63) is 24.3 Å². The largest absolute Gasteiger partial charge is 0.468 e. The normalized spacial score (nSPS) is 10.9. The summed E-state index contributed by atoms with van der Waals surface area (Å²) in [6, 6.07) is 6.31. The molecular weight excluding hydrogens is 244 g/mol. The quantitative estimate of drug-likeness (QED) is 0.736. The van der Waals surface area contributed by atoms with Gasteiger partial charge in [0.1, 0.15) is 11.4 Å². The second kappa shape index (κ2) is 5.65. The number of carbonyl (C=O) groups excluding carboxylic acids is 1. The summed E-state index contributed by atoms with van der Waals surface area (Å²) < 4.78 is 30.0. The topological polar surface area (TPSA) is 84.5 Å². The molecule has 6 nitrogen and oxygen atoms in total. The van der Waals surface area contributed by atoms with E-state index in [0.29, 0.717) is 5.69 Å². The van der Waals surface area contributed by atoms with Gasteiger partial charge in [-0.25, -0.2) is 13.1 Å². The van der Waals surface area contributed by atoms with E-state index >= 15 is 0 Å². The van der Waals surface area contributed by atoms with Gasteiger partial charge in [0.25, 0.3) is 0 Å². The lowest BCUT2D eigenvalue weighted by Crippen LogP contribution is -2.22. The van der Waals surface area contributed by atoms with Crippen molar-refractivity contribution in [3.63, 3.8) is 0 Å². The highest BCUT2D eigenvalue weighted by molar-refractivity contribution is 7.89. The van der Waals surface area contributed by atoms with Gasteiger partial charge in [0, 0.05) is 0 Å². The van der Waals surface area contributed by atoms with Crippen molar-refractivity contribution in [2.24, 2.45) is 0 Å². The number of rotatable bonds is 5. The standard InChI is InChI=1S/C10H14N2O4S/c1-11-17(14,15)9-6-4-3-5-8(9)12-7-10(13)16-2/h3-6,11-12H,7H2,1-2H3. The number of hydrogen-bond donors (Lipinski definition) is 2. The summed E-state index contributed by atoms with van der Waals surface area (Å²) in [4.78, 5) is 11.1. The van der Waals surface area contributed by atoms with Gasteiger partial charge in [0.2, 0.25) is 10.0 Å². The smallest absolute Gasteiger partial charge is 0.325 e. The van der Waals surface area contributed by atoms with Crippen molar-refractivity contribution in [2.45, 2.75) is 4.90 Å². The number of nitrogens with one attached hydrogen (secondary N) is 2. The van der Waals surface area contributed by atoms with E-state index in [9.17, 15) is 13.2 Å². The lowest BCUT2D eigenvalue weighted by Gasteiger charge is -2.10. The zero-order chi connectivity index (χ0) is 12.9. The van der Waals surface area contributed by atoms with Crippen molar-refractivity contribution in [2.75, 3.05) is 26.0 Å². The molecule has 0 heterocycles. The molecular formula is C10H14N2O4S. The van der Waals surface area contributed by atoms with E-state index in [0.717, 1.165) is 0 Å². The molecule has 0 atom stereocenters. The van der Waals surface area contributed by atoms with Crippen LogP contribution in [-0.4, -0.2) is 35.1 Å². The zero-order valence-corrected chi connectivity index (χ0v) is 10.4. The molecule has 1 rings (SSSR count). The third-order valence-electron chi connectivity index (χ3n) is 2.10. The summed E-state index contributed by atoms with van der Waals surface area (Å²) in [7, 11) is -0.958. The molecule has 94 valence electrons. The summed E-state index contributed by atoms with van der Waals surface area (Å²) in [6.07, 6.45) is 0. The Kier molecular flexibility index (Phi) is 4.47. The molecule has 0 aromatic heterocycles. The Bertz CT molecular complexity index is 499. The Balaban J connectivity index is 2.97. The first-order valence-corrected chi connectivity index (χ1v) is 6.33. The van der Waals surface area contributed by atoms with E-state index in [1.165, 1.54) is 20.2 Å². The van der Waals surface area contributed by atoms with E-state index in [1.54, 1.807) is 18.2 Å². The minimum Gasteiger partial charge on any atom is -0.468 e. The fourth-order valence-corrected chi connectivity index (χ4v) is 2.10. The highest BCUT2D eigenvalue weighted by Gasteiger charge is 2.16. The van der Waals surface area contributed by atoms with Crippen molar-refractivity contribution in [3.8, 4) is 0 Å². The van der Waals surface area contributed by atoms with Gasteiger partial charge >= 0.3 is 5.97 Å². The van der Waals surface area contributed by atoms with Gasteiger partial charge in [0.15, 0.2) is 0 Å². The minimum absolute atomic E-state index is 0.0893. The molecule has 0 fully saturated rings. The number of methoxy groups -OCH3 is 1. The van der Waals surface area contributed by atoms with Gasteiger partial charge in [-0.3, -0.25) is 4.79 Å². The van der Waals surface area contributed by atoms with Crippen LogP contribution in [0.1, 0.15) is 0 Å². The SMILES string of the molecule is CNS(=O)(=O)c1ccccc1NCC(=O)OC. The van der Waals surface area contributed by atoms with E-state index in [2.05, 4.69) is 14.8 Å². The fourth-order valence-electron chi connectivity index (χ4n) is 1.20. The van der Waals surface area contributed by atoms with Gasteiger partial charge in [0.05, 0.1) is 12.8 Å². The summed E-state index contributed by atoms with van der Waals surface area (Å²) in [5.74, 6) is -0.471. The van der Waals surface area contributed by atoms with Gasteiger partial charge in [-0.15, -0.1) is 0 Å². The first-order valence-electron chi connectivity index (χ1n) is 4.84. The number of anilines is 1. The van der Waals surface area contributed by atoms with E-state index in [-0.39, 0.29) is 11.4 Å². The van der Waals surface area contributed by atoms with Crippen molar-refractivity contribution < 1.29 is 17.9 Å². The molecule has 0 unspecified atom stereocenters. The third-order valence-corrected chi connectivity index (χ3v) is 3.57. The summed E-state index contributed by atoms with van der Waals surface area (Å²) in [5, 5.41) is 2.71. The van der Waals surface area contributed by atoms with Crippen molar-refractivity contribution in [1.29, 1.82) is 0 Å². The number of sulfonamides is 1. The van der Waals surface area contributed by atoms with Crippen LogP contribution in [0.15, 0.2) is 29.2 Å². The molecule has 0 radical (unpaired) electrons. The summed E-state index contributed by atoms with van der Waals surface area (Å²) in [6.45, 7) is -0.0905. The lowest BCUT2D eigenvalue weighted by atomic mass is 10.3. The molecule has 0 saturated heterocycles. The lowest BCUT2D eigenvalue weighted by molar-refractivity contribution is -0.138. The van der Waals surface area contributed by atoms with Gasteiger partial charge in [-0.05, 0) is 19.2 Å². The predicted octanol–water partition coefficient (Wildman–Crippen LogP) is 0.180. The molecule has 0 aliphatic rings. The van der Waals surface area contributed by atoms with Crippen LogP contribution in [0.5, 0.6) is 0 Å². The maximum atomic E-state index is 11.7. The zero-order valence-electron chi connectivity index (χ0n) is 9.56. The number of hydrogen-bond acceptors (Lipinski definition) is 5. The van der Waals surface area contributed by atoms with Gasteiger partial charge in [-0.2, -0.15) is 0 Å². The van der Waals surface area contributed by atoms with Crippen LogP contribution in [0.25, 0.3) is 0 Å². The molecule has 0 amide bonds. The second-order valence-electron chi connectivity index (χ2n) is 3.13. The molecule has 1 aromatic rings. The Morgan fingerprint density at radius 1 is 1.35 bits per heavy atom. The maximum absolute atomic E-state index is 11.7. The molecule has 1 aromatic carbocycles. The van der Waals surface area contributed by atoms with Crippen LogP contribution in [0.4, 0.5) is 5.69 Å². The summed E-state index contributed by atoms with van der Waals surface area (Å²) in [5.41, 5.74) is 0.354. The third kappa shape index (κ3) is 3.43. The van der Waals surface area contributed by atoms with Gasteiger partial charge in [-0.1, -0.05) is 12.1 Å². The summed E-state index contributed by atoms with van der Waals surface area (Å²) >= 11 is 0. The molecule has 0 aliphatic heterocycles. The maximum Gasteiger partial charge on any atom is 0.325 e. The Morgan fingerprint density at radius 3 is 2.59 bits per heavy atom. The first kappa shape index (κ1) is 13.5. The van der Waals surface area contributed by atoms with E-state index < -0.39 is 16.0 Å². The fraction of sp³-hybridized carbons (Fsp3) is 0.300. The molecule has 0 spiro atoms. The second-order valence-corrected chi connectivity index (χ2v) is 4.99. The highest BCUT2D eigenvalue weighted by Crippen LogP contribution is 2.19. The van der Waals surface area contributed by atoms with E-state index in [1.807, 2.05) is 0 Å². The number of carbonyl (C=O) groups is 1. The molecule has 0 bridgehead atoms. The minimum atomic E-state index is -3.55. The van der Waals surface area contributed by atoms with E-state index in [4.69, 9.17) is 0 Å². The van der Waals surface area contributed by atoms with Crippen LogP contribution in [-0.2, 0) is 19.6 Å². The number of para-hydroxylation sites is 1. The number of esters is 1. The Morgan fingerprint density at radius 2 is 2.00 bits per heavy atom.